The molecule has 0 saturated heterocycles. The average Bonchev–Trinajstić information content (AvgIpc) is 3.55. The number of aromatic nitrogens is 4. The smallest absolute Gasteiger partial charge is 0.238 e. The van der Waals surface area contributed by atoms with E-state index in [1.165, 1.54) is 32.6 Å². The van der Waals surface area contributed by atoms with Crippen LogP contribution in [-0.2, 0) is 0 Å². The fraction of sp³-hybridized carbons (Fsp3) is 0.0889. The highest BCUT2D eigenvalue weighted by Gasteiger charge is 2.23. The van der Waals surface area contributed by atoms with E-state index in [2.05, 4.69) is 147 Å². The van der Waals surface area contributed by atoms with Crippen molar-refractivity contribution in [3.63, 3.8) is 0 Å². The van der Waals surface area contributed by atoms with Crippen molar-refractivity contribution in [1.29, 1.82) is 0 Å². The molecule has 0 bridgehead atoms. The van der Waals surface area contributed by atoms with Gasteiger partial charge in [-0.05, 0) is 79.3 Å². The van der Waals surface area contributed by atoms with E-state index in [1.54, 1.807) is 0 Å². The van der Waals surface area contributed by atoms with Crippen LogP contribution in [0, 0.1) is 0 Å². The molecule has 51 heavy (non-hydrogen) atoms. The Hall–Kier alpha value is -5.85. The average molecular weight is 725 g/mol. The minimum Gasteiger partial charge on any atom is -0.310 e. The minimum atomic E-state index is 0.592. The summed E-state index contributed by atoms with van der Waals surface area (Å²) in [6.45, 7) is 0. The Morgan fingerprint density at radius 1 is 0.569 bits per heavy atom. The summed E-state index contributed by atoms with van der Waals surface area (Å²) in [5.41, 5.74) is 8.90. The van der Waals surface area contributed by atoms with Gasteiger partial charge in [-0.25, -0.2) is 4.98 Å². The summed E-state index contributed by atoms with van der Waals surface area (Å²) in [6, 6.07) is 46.3. The summed E-state index contributed by atoms with van der Waals surface area (Å²) in [7, 11) is 0. The van der Waals surface area contributed by atoms with Crippen molar-refractivity contribution in [3.8, 4) is 28.5 Å². The maximum Gasteiger partial charge on any atom is 0.238 e. The van der Waals surface area contributed by atoms with Gasteiger partial charge in [0.15, 0.2) is 11.6 Å². The normalized spacial score (nSPS) is 13.8. The summed E-state index contributed by atoms with van der Waals surface area (Å²) >= 11 is 3.84. The molecule has 5 aromatic carbocycles. The fourth-order valence-corrected chi connectivity index (χ4v) is 7.81. The van der Waals surface area contributed by atoms with E-state index in [-0.39, 0.29) is 0 Å². The first kappa shape index (κ1) is 31.2. The summed E-state index contributed by atoms with van der Waals surface area (Å²) in [5.74, 6) is 1.87. The molecule has 2 aromatic heterocycles. The zero-order chi connectivity index (χ0) is 34.1. The van der Waals surface area contributed by atoms with Crippen molar-refractivity contribution >= 4 is 56.2 Å². The van der Waals surface area contributed by atoms with Crippen LogP contribution in [0.5, 0.6) is 0 Å². The van der Waals surface area contributed by atoms with Crippen molar-refractivity contribution in [2.45, 2.75) is 25.7 Å². The van der Waals surface area contributed by atoms with Gasteiger partial charge in [-0.2, -0.15) is 9.97 Å². The number of hydrogen-bond donors (Lipinski definition) is 0. The maximum atomic E-state index is 5.16. The van der Waals surface area contributed by atoms with Gasteiger partial charge in [0.1, 0.15) is 0 Å². The summed E-state index contributed by atoms with van der Waals surface area (Å²) < 4.78 is 3.51. The van der Waals surface area contributed by atoms with Gasteiger partial charge in [-0.3, -0.25) is 4.90 Å². The van der Waals surface area contributed by atoms with Gasteiger partial charge in [0.05, 0.1) is 5.52 Å². The van der Waals surface area contributed by atoms with Crippen molar-refractivity contribution in [2.75, 3.05) is 4.90 Å². The first-order valence-corrected chi connectivity index (χ1v) is 18.2. The predicted octanol–water partition coefficient (Wildman–Crippen LogP) is 10.2. The van der Waals surface area contributed by atoms with Crippen LogP contribution in [0.3, 0.4) is 0 Å². The molecule has 7 aromatic rings. The lowest BCUT2D eigenvalue weighted by atomic mass is 9.95. The van der Waals surface area contributed by atoms with E-state index in [0.717, 1.165) is 58.4 Å². The monoisotopic (exact) mass is 723 g/mol. The number of halogens is 1. The van der Waals surface area contributed by atoms with Gasteiger partial charge in [-0.15, -0.1) is 0 Å². The summed E-state index contributed by atoms with van der Waals surface area (Å²) in [6.07, 6.45) is 13.1. The molecule has 0 saturated carbocycles. The van der Waals surface area contributed by atoms with Gasteiger partial charge >= 0.3 is 0 Å². The standard InChI is InChI=1S/C45H34BrN5/c46-39-20-12-22-41-42(39)38-19-10-11-21-40(38)51(41)37-29-27-36(28-30-37)50(35-25-23-32(24-26-35)31-13-4-1-5-14-31)45-48-43(33-15-6-2-7-16-33)47-44(49-45)34-17-8-3-9-18-34/h1-9,12-23,25,27-30H,10-11,24,26H2. The number of rotatable bonds is 7. The highest BCUT2D eigenvalue weighted by Crippen LogP contribution is 2.37. The number of fused-ring (bicyclic) bond motifs is 3. The zero-order valence-electron chi connectivity index (χ0n) is 28.0. The Morgan fingerprint density at radius 3 is 1.82 bits per heavy atom. The van der Waals surface area contributed by atoms with E-state index < -0.39 is 0 Å². The van der Waals surface area contributed by atoms with Crippen LogP contribution in [0.1, 0.15) is 31.2 Å². The van der Waals surface area contributed by atoms with Crippen molar-refractivity contribution in [2.24, 2.45) is 0 Å². The predicted molar refractivity (Wildman–Crippen MR) is 213 cm³/mol. The molecule has 0 fully saturated rings. The molecule has 0 aliphatic heterocycles. The van der Waals surface area contributed by atoms with E-state index in [0.29, 0.717) is 17.6 Å². The van der Waals surface area contributed by atoms with Crippen molar-refractivity contribution in [1.82, 2.24) is 19.5 Å². The summed E-state index contributed by atoms with van der Waals surface area (Å²) in [4.78, 5) is 17.5. The topological polar surface area (TPSA) is 46.8 Å². The Balaban J connectivity index is 1.21. The van der Waals surface area contributed by atoms with E-state index >= 15 is 0 Å². The SMILES string of the molecule is Brc1cccc2c1c1c(n2-c2ccc(N(C3=CC=C(c4ccccc4)CC3)c3nc(-c4ccccc4)nc(-c4ccccc4)n3)cc2)=CCCC=1. The zero-order valence-corrected chi connectivity index (χ0v) is 29.5. The number of hydrogen-bond acceptors (Lipinski definition) is 4. The largest absolute Gasteiger partial charge is 0.310 e. The molecule has 0 radical (unpaired) electrons. The molecule has 0 amide bonds. The van der Waals surface area contributed by atoms with Crippen molar-refractivity contribution < 1.29 is 0 Å². The lowest BCUT2D eigenvalue weighted by molar-refractivity contribution is 0.895. The molecule has 5 nitrogen and oxygen atoms in total. The molecular weight excluding hydrogens is 690 g/mol. The van der Waals surface area contributed by atoms with Crippen LogP contribution >= 0.6 is 15.9 Å². The highest BCUT2D eigenvalue weighted by molar-refractivity contribution is 9.10. The number of allylic oxidation sites excluding steroid dienone is 4. The molecule has 0 unspecified atom stereocenters. The second-order valence-corrected chi connectivity index (χ2v) is 13.7. The van der Waals surface area contributed by atoms with Gasteiger partial charge in [0, 0.05) is 48.6 Å². The van der Waals surface area contributed by atoms with Gasteiger partial charge in [-0.1, -0.05) is 131 Å². The van der Waals surface area contributed by atoms with Crippen LogP contribution in [0.15, 0.2) is 156 Å². The third-order valence-electron chi connectivity index (χ3n) is 9.68. The summed E-state index contributed by atoms with van der Waals surface area (Å²) in [5, 5.41) is 3.81. The van der Waals surface area contributed by atoms with Crippen LogP contribution in [0.4, 0.5) is 11.6 Å². The first-order valence-electron chi connectivity index (χ1n) is 17.4. The second-order valence-electron chi connectivity index (χ2n) is 12.8. The number of anilines is 2. The van der Waals surface area contributed by atoms with E-state index in [1.807, 2.05) is 36.4 Å². The lowest BCUT2D eigenvalue weighted by Crippen LogP contribution is -2.30. The Labute approximate surface area is 305 Å². The van der Waals surface area contributed by atoms with E-state index in [4.69, 9.17) is 15.0 Å². The third kappa shape index (κ3) is 5.92. The molecule has 2 aliphatic carbocycles. The number of benzene rings is 5. The maximum absolute atomic E-state index is 5.16. The molecule has 0 N–H and O–H groups in total. The Kier molecular flexibility index (Phi) is 8.22. The lowest BCUT2D eigenvalue weighted by Gasteiger charge is -2.28. The minimum absolute atomic E-state index is 0.592. The third-order valence-corrected chi connectivity index (χ3v) is 10.3. The van der Waals surface area contributed by atoms with Gasteiger partial charge < -0.3 is 4.57 Å². The van der Waals surface area contributed by atoms with Crippen LogP contribution in [-0.4, -0.2) is 19.5 Å². The number of nitrogens with zero attached hydrogens (tertiary/aromatic N) is 5. The molecule has 2 aliphatic rings. The quantitative estimate of drug-likeness (QED) is 0.164. The van der Waals surface area contributed by atoms with Crippen LogP contribution in [0.25, 0.3) is 57.1 Å². The molecule has 0 spiro atoms. The molecule has 0 atom stereocenters. The molecule has 246 valence electrons. The first-order chi connectivity index (χ1) is 25.2. The van der Waals surface area contributed by atoms with Crippen molar-refractivity contribution in [3.05, 3.63) is 172 Å². The Bertz CT molecular complexity index is 2510. The van der Waals surface area contributed by atoms with Crippen LogP contribution in [0.2, 0.25) is 0 Å². The van der Waals surface area contributed by atoms with Crippen LogP contribution < -0.4 is 15.5 Å². The molecule has 6 heteroatoms. The second kappa shape index (κ2) is 13.5. The van der Waals surface area contributed by atoms with Gasteiger partial charge in [0.2, 0.25) is 5.95 Å². The van der Waals surface area contributed by atoms with E-state index in [9.17, 15) is 0 Å². The molecular formula is C45H34BrN5. The van der Waals surface area contributed by atoms with Gasteiger partial charge in [0.25, 0.3) is 0 Å². The fourth-order valence-electron chi connectivity index (χ4n) is 7.24. The highest BCUT2D eigenvalue weighted by atomic mass is 79.9. The molecule has 2 heterocycles. The molecule has 9 rings (SSSR count). The Morgan fingerprint density at radius 2 is 1.20 bits per heavy atom.